The first-order valence-electron chi connectivity index (χ1n) is 12.4. The van der Waals surface area contributed by atoms with E-state index in [0.29, 0.717) is 42.4 Å². The molecule has 7 rings (SSSR count). The van der Waals surface area contributed by atoms with Gasteiger partial charge in [0.05, 0.1) is 24.3 Å². The number of benzene rings is 1. The standard InChI is InChI=1S/C26H28FN5O2/c1-30-18-5-6-19(30)10-20(9-18)34-24-8-17(27)4-7-21(24)26(33)31-13-22-23(14-31)29-32-12-16(15-2-3-15)11-28-25(22)32/h4,7-8,11-12,15,18-20H,2-3,5-6,9-10,13-14H2,1H3/t18-,19+,20+. The smallest absolute Gasteiger partial charge is 0.258 e. The highest BCUT2D eigenvalue weighted by Crippen LogP contribution is 2.40. The van der Waals surface area contributed by atoms with Crippen molar-refractivity contribution < 1.29 is 13.9 Å². The Morgan fingerprint density at radius 3 is 2.68 bits per heavy atom. The summed E-state index contributed by atoms with van der Waals surface area (Å²) in [6.45, 7) is 0.869. The van der Waals surface area contributed by atoms with Gasteiger partial charge in [-0.2, -0.15) is 5.10 Å². The highest BCUT2D eigenvalue weighted by atomic mass is 19.1. The number of nitrogens with zero attached hydrogens (tertiary/aromatic N) is 5. The van der Waals surface area contributed by atoms with Crippen molar-refractivity contribution in [1.82, 2.24) is 24.4 Å². The fraction of sp³-hybridized carbons (Fsp3) is 0.500. The molecule has 2 saturated heterocycles. The second-order valence-electron chi connectivity index (χ2n) is 10.4. The predicted molar refractivity (Wildman–Crippen MR) is 123 cm³/mol. The number of halogens is 1. The van der Waals surface area contributed by atoms with Crippen LogP contribution >= 0.6 is 0 Å². The summed E-state index contributed by atoms with van der Waals surface area (Å²) in [5.74, 6) is 0.424. The second-order valence-corrected chi connectivity index (χ2v) is 10.4. The molecule has 2 bridgehead atoms. The molecule has 0 unspecified atom stereocenters. The Hall–Kier alpha value is -3.00. The third-order valence-corrected chi connectivity index (χ3v) is 8.22. The molecule has 1 aromatic carbocycles. The van der Waals surface area contributed by atoms with Crippen molar-refractivity contribution in [2.75, 3.05) is 7.05 Å². The van der Waals surface area contributed by atoms with Gasteiger partial charge in [-0.3, -0.25) is 4.79 Å². The Morgan fingerprint density at radius 1 is 1.12 bits per heavy atom. The van der Waals surface area contributed by atoms with Gasteiger partial charge in [0.1, 0.15) is 17.7 Å². The number of amides is 1. The molecule has 3 atom stereocenters. The lowest BCUT2D eigenvalue weighted by atomic mass is 10.0. The molecule has 3 aromatic rings. The molecule has 1 amide bonds. The van der Waals surface area contributed by atoms with Crippen LogP contribution in [0.15, 0.2) is 30.6 Å². The van der Waals surface area contributed by atoms with E-state index >= 15 is 0 Å². The summed E-state index contributed by atoms with van der Waals surface area (Å²) < 4.78 is 22.3. The van der Waals surface area contributed by atoms with E-state index in [9.17, 15) is 9.18 Å². The minimum atomic E-state index is -0.388. The van der Waals surface area contributed by atoms with Crippen LogP contribution in [-0.4, -0.2) is 55.5 Å². The summed E-state index contributed by atoms with van der Waals surface area (Å²) in [4.78, 5) is 22.4. The van der Waals surface area contributed by atoms with Crippen LogP contribution in [0.1, 0.15) is 71.6 Å². The zero-order valence-electron chi connectivity index (χ0n) is 19.3. The Kier molecular flexibility index (Phi) is 4.50. The molecule has 5 heterocycles. The monoisotopic (exact) mass is 461 g/mol. The van der Waals surface area contributed by atoms with Crippen LogP contribution in [0.4, 0.5) is 4.39 Å². The Morgan fingerprint density at radius 2 is 1.91 bits per heavy atom. The summed E-state index contributed by atoms with van der Waals surface area (Å²) >= 11 is 0. The number of carbonyl (C=O) groups is 1. The van der Waals surface area contributed by atoms with Gasteiger partial charge in [-0.25, -0.2) is 13.9 Å². The van der Waals surface area contributed by atoms with E-state index in [1.165, 1.54) is 43.4 Å². The van der Waals surface area contributed by atoms with Crippen molar-refractivity contribution in [2.45, 2.75) is 75.7 Å². The maximum atomic E-state index is 14.2. The van der Waals surface area contributed by atoms with Gasteiger partial charge in [-0.1, -0.05) is 0 Å². The van der Waals surface area contributed by atoms with Crippen molar-refractivity contribution in [3.63, 3.8) is 0 Å². The third-order valence-electron chi connectivity index (χ3n) is 8.22. The first kappa shape index (κ1) is 20.4. The van der Waals surface area contributed by atoms with Crippen molar-refractivity contribution in [3.05, 3.63) is 58.8 Å². The number of hydrogen-bond donors (Lipinski definition) is 0. The van der Waals surface area contributed by atoms with Crippen molar-refractivity contribution >= 4 is 11.6 Å². The molecule has 2 aromatic heterocycles. The van der Waals surface area contributed by atoms with Crippen LogP contribution < -0.4 is 4.74 Å². The summed E-state index contributed by atoms with van der Waals surface area (Å²) in [5, 5.41) is 4.72. The number of fused-ring (bicyclic) bond motifs is 5. The number of hydrogen-bond acceptors (Lipinski definition) is 5. The molecule has 0 spiro atoms. The SMILES string of the molecule is CN1[C@@H]2CC[C@H]1C[C@@H](Oc1cc(F)ccc1C(=O)N1Cc3nn4cc(C5CC5)cnc4c3C1)C2. The molecular weight excluding hydrogens is 433 g/mol. The van der Waals surface area contributed by atoms with Gasteiger partial charge in [-0.15, -0.1) is 0 Å². The van der Waals surface area contributed by atoms with E-state index in [2.05, 4.69) is 23.1 Å². The predicted octanol–water partition coefficient (Wildman–Crippen LogP) is 3.91. The Labute approximate surface area is 197 Å². The van der Waals surface area contributed by atoms with Gasteiger partial charge in [0.25, 0.3) is 5.91 Å². The van der Waals surface area contributed by atoms with Crippen molar-refractivity contribution in [1.29, 1.82) is 0 Å². The molecule has 176 valence electrons. The molecular formula is C26H28FN5O2. The summed E-state index contributed by atoms with van der Waals surface area (Å²) in [6, 6.07) is 5.27. The molecule has 0 N–H and O–H groups in total. The minimum Gasteiger partial charge on any atom is -0.489 e. The third kappa shape index (κ3) is 3.30. The molecule has 1 aliphatic carbocycles. The highest BCUT2D eigenvalue weighted by molar-refractivity contribution is 5.97. The molecule has 34 heavy (non-hydrogen) atoms. The molecule has 7 nitrogen and oxygen atoms in total. The quantitative estimate of drug-likeness (QED) is 0.590. The molecule has 3 fully saturated rings. The lowest BCUT2D eigenvalue weighted by molar-refractivity contribution is 0.0622. The largest absolute Gasteiger partial charge is 0.489 e. The maximum Gasteiger partial charge on any atom is 0.258 e. The Balaban J connectivity index is 1.12. The van der Waals surface area contributed by atoms with E-state index in [1.54, 1.807) is 11.0 Å². The lowest BCUT2D eigenvalue weighted by Gasteiger charge is -2.36. The molecule has 1 saturated carbocycles. The van der Waals surface area contributed by atoms with Crippen LogP contribution in [0.3, 0.4) is 0 Å². The van der Waals surface area contributed by atoms with Gasteiger partial charge in [0.2, 0.25) is 0 Å². The molecule has 8 heteroatoms. The fourth-order valence-corrected chi connectivity index (χ4v) is 6.11. The van der Waals surface area contributed by atoms with Gasteiger partial charge in [0, 0.05) is 36.1 Å². The average Bonchev–Trinajstić information content (AvgIpc) is 3.46. The van der Waals surface area contributed by atoms with E-state index in [-0.39, 0.29) is 17.8 Å². The van der Waals surface area contributed by atoms with Crippen LogP contribution in [0.2, 0.25) is 0 Å². The first-order valence-corrected chi connectivity index (χ1v) is 12.4. The highest BCUT2D eigenvalue weighted by Gasteiger charge is 2.40. The number of aromatic nitrogens is 3. The average molecular weight is 462 g/mol. The van der Waals surface area contributed by atoms with Crippen LogP contribution in [0.5, 0.6) is 5.75 Å². The van der Waals surface area contributed by atoms with Crippen molar-refractivity contribution in [2.24, 2.45) is 0 Å². The van der Waals surface area contributed by atoms with Crippen LogP contribution in [0.25, 0.3) is 5.65 Å². The van der Waals surface area contributed by atoms with Crippen molar-refractivity contribution in [3.8, 4) is 5.75 Å². The van der Waals surface area contributed by atoms with E-state index in [1.807, 2.05) is 10.7 Å². The van der Waals surface area contributed by atoms with E-state index < -0.39 is 0 Å². The van der Waals surface area contributed by atoms with Gasteiger partial charge < -0.3 is 14.5 Å². The summed E-state index contributed by atoms with van der Waals surface area (Å²) in [6.07, 6.45) is 10.7. The molecule has 3 aliphatic heterocycles. The number of piperidine rings is 1. The summed E-state index contributed by atoms with van der Waals surface area (Å²) in [7, 11) is 2.18. The number of rotatable bonds is 4. The van der Waals surface area contributed by atoms with Crippen LogP contribution in [0, 0.1) is 5.82 Å². The molecule has 0 radical (unpaired) electrons. The lowest BCUT2D eigenvalue weighted by Crippen LogP contribution is -2.44. The van der Waals surface area contributed by atoms with Gasteiger partial charge >= 0.3 is 0 Å². The number of carbonyl (C=O) groups excluding carboxylic acids is 1. The normalized spacial score (nSPS) is 26.3. The Bertz CT molecular complexity index is 1290. The zero-order valence-corrected chi connectivity index (χ0v) is 19.3. The second kappa shape index (κ2) is 7.50. The van der Waals surface area contributed by atoms with Gasteiger partial charge in [0.15, 0.2) is 5.65 Å². The zero-order chi connectivity index (χ0) is 23.0. The first-order chi connectivity index (χ1) is 16.5. The maximum absolute atomic E-state index is 14.2. The van der Waals surface area contributed by atoms with E-state index in [4.69, 9.17) is 9.84 Å². The van der Waals surface area contributed by atoms with Crippen LogP contribution in [-0.2, 0) is 13.1 Å². The topological polar surface area (TPSA) is 63.0 Å². The number of ether oxygens (including phenoxy) is 1. The fourth-order valence-electron chi connectivity index (χ4n) is 6.11. The van der Waals surface area contributed by atoms with Gasteiger partial charge in [-0.05, 0) is 69.2 Å². The summed E-state index contributed by atoms with van der Waals surface area (Å²) in [5.41, 5.74) is 4.33. The minimum absolute atomic E-state index is 0.00639. The van der Waals surface area contributed by atoms with E-state index in [0.717, 1.165) is 29.7 Å². The molecule has 4 aliphatic rings.